The Labute approximate surface area is 197 Å². The van der Waals surface area contributed by atoms with E-state index in [2.05, 4.69) is 0 Å². The smallest absolute Gasteiger partial charge is 0.240 e. The van der Waals surface area contributed by atoms with Crippen LogP contribution in [0.2, 0.25) is 0 Å². The summed E-state index contributed by atoms with van der Waals surface area (Å²) < 4.78 is 5.44. The molecule has 0 aromatic heterocycles. The van der Waals surface area contributed by atoms with Crippen LogP contribution in [0.4, 0.5) is 11.4 Å². The molecular formula is C28H22N2O4. The maximum Gasteiger partial charge on any atom is 0.240 e. The predicted molar refractivity (Wildman–Crippen MR) is 129 cm³/mol. The summed E-state index contributed by atoms with van der Waals surface area (Å²) in [5, 5.41) is 0. The molecule has 0 saturated carbocycles. The van der Waals surface area contributed by atoms with Gasteiger partial charge in [0.15, 0.2) is 5.78 Å². The molecule has 3 heterocycles. The van der Waals surface area contributed by atoms with E-state index in [1.807, 2.05) is 59.5 Å². The maximum atomic E-state index is 13.9. The predicted octanol–water partition coefficient (Wildman–Crippen LogP) is 3.97. The molecule has 6 rings (SSSR count). The quantitative estimate of drug-likeness (QED) is 0.445. The number of ether oxygens (including phenoxy) is 1. The minimum atomic E-state index is -0.800. The normalized spacial score (nSPS) is 24.6. The first-order chi connectivity index (χ1) is 16.6. The molecule has 0 spiro atoms. The first kappa shape index (κ1) is 20.4. The van der Waals surface area contributed by atoms with E-state index in [4.69, 9.17) is 4.74 Å². The number of nitrogens with zero attached hydrogens (tertiary/aromatic N) is 2. The van der Waals surface area contributed by atoms with Gasteiger partial charge in [0.05, 0.1) is 30.7 Å². The van der Waals surface area contributed by atoms with Crippen LogP contribution in [0.5, 0.6) is 5.75 Å². The van der Waals surface area contributed by atoms with E-state index in [0.29, 0.717) is 17.0 Å². The molecule has 6 nitrogen and oxygen atoms in total. The molecule has 2 amide bonds. The van der Waals surface area contributed by atoms with Crippen molar-refractivity contribution in [2.75, 3.05) is 16.9 Å². The summed E-state index contributed by atoms with van der Waals surface area (Å²) in [4.78, 5) is 44.8. The minimum absolute atomic E-state index is 0.161. The second kappa shape index (κ2) is 7.70. The highest BCUT2D eigenvalue weighted by Gasteiger charge is 2.64. The summed E-state index contributed by atoms with van der Waals surface area (Å²) >= 11 is 0. The highest BCUT2D eigenvalue weighted by molar-refractivity contribution is 6.26. The van der Waals surface area contributed by atoms with Crippen LogP contribution in [0, 0.1) is 11.8 Å². The molecule has 0 bridgehead atoms. The second-order valence-electron chi connectivity index (χ2n) is 8.73. The van der Waals surface area contributed by atoms with E-state index >= 15 is 0 Å². The molecule has 2 fully saturated rings. The lowest BCUT2D eigenvalue weighted by Gasteiger charge is -2.36. The minimum Gasteiger partial charge on any atom is -0.495 e. The SMILES string of the molecule is COc1ccccc1N1C(=O)[C@@H]2[C@H](C1=O)[C@H]1C=Cc3ccccc3N1[C@@H]2C(=O)c1ccccc1. The van der Waals surface area contributed by atoms with Crippen LogP contribution in [0.3, 0.4) is 0 Å². The lowest BCUT2D eigenvalue weighted by molar-refractivity contribution is -0.122. The lowest BCUT2D eigenvalue weighted by Crippen LogP contribution is -2.48. The molecule has 34 heavy (non-hydrogen) atoms. The Balaban J connectivity index is 1.51. The topological polar surface area (TPSA) is 66.9 Å². The fourth-order valence-corrected chi connectivity index (χ4v) is 5.64. The van der Waals surface area contributed by atoms with Gasteiger partial charge >= 0.3 is 0 Å². The molecule has 3 aliphatic heterocycles. The zero-order valence-corrected chi connectivity index (χ0v) is 18.5. The van der Waals surface area contributed by atoms with E-state index < -0.39 is 23.9 Å². The second-order valence-corrected chi connectivity index (χ2v) is 8.73. The number of hydrogen-bond acceptors (Lipinski definition) is 5. The van der Waals surface area contributed by atoms with Crippen molar-refractivity contribution >= 4 is 35.0 Å². The average molecular weight is 450 g/mol. The van der Waals surface area contributed by atoms with E-state index in [-0.39, 0.29) is 17.6 Å². The highest BCUT2D eigenvalue weighted by Crippen LogP contribution is 2.50. The summed E-state index contributed by atoms with van der Waals surface area (Å²) in [5.74, 6) is -1.86. The van der Waals surface area contributed by atoms with Gasteiger partial charge in [-0.05, 0) is 23.8 Å². The number of hydrogen-bond donors (Lipinski definition) is 0. The number of Topliss-reactive ketones (excluding diaryl/α,β-unsaturated/α-hetero) is 1. The Morgan fingerprint density at radius 1 is 0.794 bits per heavy atom. The Hall–Kier alpha value is -4.19. The molecule has 0 aliphatic carbocycles. The van der Waals surface area contributed by atoms with Crippen LogP contribution >= 0.6 is 0 Å². The number of rotatable bonds is 4. The van der Waals surface area contributed by atoms with Gasteiger partial charge in [-0.1, -0.05) is 72.8 Å². The zero-order valence-electron chi connectivity index (χ0n) is 18.5. The number of benzene rings is 3. The van der Waals surface area contributed by atoms with Crippen LogP contribution < -0.4 is 14.5 Å². The Bertz CT molecular complexity index is 1350. The number of fused-ring (bicyclic) bond motifs is 5. The van der Waals surface area contributed by atoms with Gasteiger partial charge in [-0.2, -0.15) is 0 Å². The molecule has 3 aromatic rings. The average Bonchev–Trinajstić information content (AvgIpc) is 3.36. The van der Waals surface area contributed by atoms with Gasteiger partial charge in [-0.3, -0.25) is 14.4 Å². The van der Waals surface area contributed by atoms with Gasteiger partial charge < -0.3 is 9.64 Å². The zero-order chi connectivity index (χ0) is 23.4. The van der Waals surface area contributed by atoms with Gasteiger partial charge in [0.1, 0.15) is 11.8 Å². The molecule has 4 atom stereocenters. The van der Waals surface area contributed by atoms with Gasteiger partial charge in [0.25, 0.3) is 0 Å². The van der Waals surface area contributed by atoms with E-state index in [9.17, 15) is 14.4 Å². The van der Waals surface area contributed by atoms with Crippen LogP contribution in [0.15, 0.2) is 84.9 Å². The third-order valence-electron chi connectivity index (χ3n) is 7.07. The van der Waals surface area contributed by atoms with Crippen molar-refractivity contribution < 1.29 is 19.1 Å². The molecule has 3 aromatic carbocycles. The lowest BCUT2D eigenvalue weighted by atomic mass is 9.86. The van der Waals surface area contributed by atoms with Crippen LogP contribution in [-0.4, -0.2) is 36.8 Å². The first-order valence-corrected chi connectivity index (χ1v) is 11.3. The molecule has 0 radical (unpaired) electrons. The summed E-state index contributed by atoms with van der Waals surface area (Å²) in [6.07, 6.45) is 3.93. The highest BCUT2D eigenvalue weighted by atomic mass is 16.5. The van der Waals surface area contributed by atoms with Crippen LogP contribution in [0.25, 0.3) is 6.08 Å². The van der Waals surface area contributed by atoms with Crippen molar-refractivity contribution in [3.63, 3.8) is 0 Å². The maximum absolute atomic E-state index is 13.9. The number of ketones is 1. The van der Waals surface area contributed by atoms with E-state index in [0.717, 1.165) is 11.3 Å². The third kappa shape index (κ3) is 2.78. The van der Waals surface area contributed by atoms with Crippen molar-refractivity contribution in [3.8, 4) is 5.75 Å². The van der Waals surface area contributed by atoms with E-state index in [1.54, 1.807) is 36.4 Å². The molecule has 0 N–H and O–H groups in total. The Morgan fingerprint density at radius 2 is 1.44 bits per heavy atom. The molecule has 2 saturated heterocycles. The van der Waals surface area contributed by atoms with Crippen molar-refractivity contribution in [3.05, 3.63) is 96.1 Å². The Morgan fingerprint density at radius 3 is 2.21 bits per heavy atom. The number of amides is 2. The monoisotopic (exact) mass is 450 g/mol. The molecule has 168 valence electrons. The summed E-state index contributed by atoms with van der Waals surface area (Å²) in [7, 11) is 1.51. The fraction of sp³-hybridized carbons (Fsp3) is 0.179. The van der Waals surface area contributed by atoms with Crippen molar-refractivity contribution in [1.29, 1.82) is 0 Å². The van der Waals surface area contributed by atoms with Crippen molar-refractivity contribution in [1.82, 2.24) is 0 Å². The standard InChI is InChI=1S/C28H22N2O4/c1-34-22-14-8-7-13-20(22)30-27(32)23-21-16-15-17-9-5-6-12-19(17)29(21)25(24(23)28(30)33)26(31)18-10-3-2-4-11-18/h2-16,21,23-25H,1H3/t21-,23-,24-,25+/m1/s1. The third-order valence-corrected chi connectivity index (χ3v) is 7.07. The van der Waals surface area contributed by atoms with Crippen LogP contribution in [-0.2, 0) is 9.59 Å². The van der Waals surface area contributed by atoms with Gasteiger partial charge in [-0.25, -0.2) is 4.90 Å². The summed E-state index contributed by atoms with van der Waals surface area (Å²) in [6, 6.07) is 22.6. The van der Waals surface area contributed by atoms with Gasteiger partial charge in [-0.15, -0.1) is 0 Å². The molecule has 6 heteroatoms. The number of anilines is 2. The fourth-order valence-electron chi connectivity index (χ4n) is 5.64. The molecule has 3 aliphatic rings. The Kier molecular flexibility index (Phi) is 4.62. The van der Waals surface area contributed by atoms with E-state index in [1.165, 1.54) is 12.0 Å². The number of imide groups is 1. The number of carbonyl (C=O) groups excluding carboxylic acids is 3. The molecular weight excluding hydrogens is 428 g/mol. The van der Waals surface area contributed by atoms with Crippen molar-refractivity contribution in [2.24, 2.45) is 11.8 Å². The number of methoxy groups -OCH3 is 1. The first-order valence-electron chi connectivity index (χ1n) is 11.3. The van der Waals surface area contributed by atoms with Gasteiger partial charge in [0.2, 0.25) is 11.8 Å². The largest absolute Gasteiger partial charge is 0.495 e. The van der Waals surface area contributed by atoms with Crippen LogP contribution in [0.1, 0.15) is 15.9 Å². The van der Waals surface area contributed by atoms with Gasteiger partial charge in [0, 0.05) is 11.3 Å². The summed E-state index contributed by atoms with van der Waals surface area (Å²) in [5.41, 5.74) is 2.76. The van der Waals surface area contributed by atoms with Crippen molar-refractivity contribution in [2.45, 2.75) is 12.1 Å². The number of para-hydroxylation sites is 3. The summed E-state index contributed by atoms with van der Waals surface area (Å²) in [6.45, 7) is 0. The number of carbonyl (C=O) groups is 3. The molecule has 0 unspecified atom stereocenters.